The lowest BCUT2D eigenvalue weighted by atomic mass is 9.71. The van der Waals surface area contributed by atoms with E-state index in [1.807, 2.05) is 0 Å². The van der Waals surface area contributed by atoms with E-state index in [1.54, 1.807) is 0 Å². The molecule has 60 heavy (non-hydrogen) atoms. The van der Waals surface area contributed by atoms with Crippen molar-refractivity contribution in [2.45, 2.75) is 13.8 Å². The average molecular weight is 765 g/mol. The van der Waals surface area contributed by atoms with Gasteiger partial charge in [0.15, 0.2) is 0 Å². The SMILES string of the molecule is Cc1ccc(-c2c(-c3ccccc3)c(-c3ccccc3)c(-c3ccc(C)cc3)c3c(-c4ccccc4)c(-c4ccccc4)c(-c4ccccc4)c(-c4ccccc4)c23)cc1. The molecule has 10 rings (SSSR count). The van der Waals surface area contributed by atoms with Gasteiger partial charge in [0.2, 0.25) is 0 Å². The fourth-order valence-electron chi connectivity index (χ4n) is 9.13. The quantitative estimate of drug-likeness (QED) is 0.145. The maximum Gasteiger partial charge on any atom is -0.0000936 e. The summed E-state index contributed by atoms with van der Waals surface area (Å²) in [6.45, 7) is 4.36. The van der Waals surface area contributed by atoms with Crippen molar-refractivity contribution in [3.05, 3.63) is 242 Å². The lowest BCUT2D eigenvalue weighted by Gasteiger charge is -2.31. The predicted molar refractivity (Wildman–Crippen MR) is 257 cm³/mol. The highest BCUT2D eigenvalue weighted by molar-refractivity contribution is 6.30. The number of hydrogen-bond acceptors (Lipinski definition) is 0. The van der Waals surface area contributed by atoms with E-state index < -0.39 is 0 Å². The van der Waals surface area contributed by atoms with Crippen LogP contribution in [0.4, 0.5) is 0 Å². The number of aryl methyl sites for hydroxylation is 2. The van der Waals surface area contributed by atoms with E-state index in [0.717, 1.165) is 0 Å². The van der Waals surface area contributed by atoms with Crippen molar-refractivity contribution in [1.82, 2.24) is 0 Å². The van der Waals surface area contributed by atoms with Crippen LogP contribution in [-0.4, -0.2) is 0 Å². The summed E-state index contributed by atoms with van der Waals surface area (Å²) in [4.78, 5) is 0. The summed E-state index contributed by atoms with van der Waals surface area (Å²) >= 11 is 0. The van der Waals surface area contributed by atoms with Gasteiger partial charge in [0.1, 0.15) is 0 Å². The van der Waals surface area contributed by atoms with Crippen molar-refractivity contribution in [3.63, 3.8) is 0 Å². The highest BCUT2D eigenvalue weighted by Crippen LogP contribution is 2.59. The summed E-state index contributed by atoms with van der Waals surface area (Å²) < 4.78 is 0. The Hall–Kier alpha value is -7.54. The molecule has 0 atom stereocenters. The van der Waals surface area contributed by atoms with Crippen molar-refractivity contribution in [2.24, 2.45) is 0 Å². The molecule has 10 aromatic carbocycles. The summed E-state index contributed by atoms with van der Waals surface area (Å²) in [5.74, 6) is 0. The van der Waals surface area contributed by atoms with Gasteiger partial charge < -0.3 is 0 Å². The van der Waals surface area contributed by atoms with E-state index in [4.69, 9.17) is 0 Å². The summed E-state index contributed by atoms with van der Waals surface area (Å²) in [5, 5.41) is 2.47. The number of hydrogen-bond donors (Lipinski definition) is 0. The summed E-state index contributed by atoms with van der Waals surface area (Å²) in [5.41, 5.74) is 21.6. The molecule has 0 aliphatic heterocycles. The molecule has 0 heteroatoms. The Balaban J connectivity index is 1.64. The summed E-state index contributed by atoms with van der Waals surface area (Å²) in [6, 6.07) is 84.9. The molecular weight excluding hydrogens is 721 g/mol. The van der Waals surface area contributed by atoms with E-state index in [2.05, 4.69) is 244 Å². The minimum absolute atomic E-state index is 1.17. The first-order valence-electron chi connectivity index (χ1n) is 20.9. The van der Waals surface area contributed by atoms with Crippen LogP contribution in [0, 0.1) is 13.8 Å². The molecule has 0 unspecified atom stereocenters. The monoisotopic (exact) mass is 764 g/mol. The van der Waals surface area contributed by atoms with Gasteiger partial charge in [0.25, 0.3) is 0 Å². The minimum atomic E-state index is 1.17. The van der Waals surface area contributed by atoms with Gasteiger partial charge in [-0.2, -0.15) is 0 Å². The lowest BCUT2D eigenvalue weighted by molar-refractivity contribution is 1.46. The number of rotatable bonds is 8. The first-order chi connectivity index (χ1) is 29.7. The Labute approximate surface area is 353 Å². The fraction of sp³-hybridized carbons (Fsp3) is 0.0333. The van der Waals surface area contributed by atoms with E-state index >= 15 is 0 Å². The van der Waals surface area contributed by atoms with Crippen LogP contribution in [0.3, 0.4) is 0 Å². The van der Waals surface area contributed by atoms with Gasteiger partial charge in [-0.15, -0.1) is 0 Å². The minimum Gasteiger partial charge on any atom is -0.0622 e. The zero-order valence-electron chi connectivity index (χ0n) is 33.9. The second-order valence-electron chi connectivity index (χ2n) is 15.7. The van der Waals surface area contributed by atoms with Crippen LogP contribution in [0.15, 0.2) is 231 Å². The zero-order valence-corrected chi connectivity index (χ0v) is 33.9. The summed E-state index contributed by atoms with van der Waals surface area (Å²) in [6.07, 6.45) is 0. The van der Waals surface area contributed by atoms with Crippen molar-refractivity contribution in [3.8, 4) is 89.0 Å². The maximum atomic E-state index is 2.33. The largest absolute Gasteiger partial charge is 0.0622 e. The first kappa shape index (κ1) is 36.8. The molecule has 0 aliphatic rings. The Morgan fingerprint density at radius 2 is 0.333 bits per heavy atom. The zero-order chi connectivity index (χ0) is 40.4. The Kier molecular flexibility index (Phi) is 9.81. The van der Waals surface area contributed by atoms with Crippen LogP contribution in [-0.2, 0) is 0 Å². The maximum absolute atomic E-state index is 2.33. The van der Waals surface area contributed by atoms with Crippen LogP contribution in [0.5, 0.6) is 0 Å². The third kappa shape index (κ3) is 6.63. The molecule has 0 aliphatic carbocycles. The van der Waals surface area contributed by atoms with Crippen molar-refractivity contribution < 1.29 is 0 Å². The predicted octanol–water partition coefficient (Wildman–Crippen LogP) is 16.8. The normalized spacial score (nSPS) is 11.2. The van der Waals surface area contributed by atoms with Gasteiger partial charge in [-0.3, -0.25) is 0 Å². The summed E-state index contributed by atoms with van der Waals surface area (Å²) in [7, 11) is 0. The molecule has 0 heterocycles. The third-order valence-corrected chi connectivity index (χ3v) is 11.8. The van der Waals surface area contributed by atoms with E-state index in [1.165, 1.54) is 111 Å². The molecule has 0 amide bonds. The first-order valence-corrected chi connectivity index (χ1v) is 20.9. The van der Waals surface area contributed by atoms with Crippen molar-refractivity contribution in [2.75, 3.05) is 0 Å². The number of fused-ring (bicyclic) bond motifs is 1. The van der Waals surface area contributed by atoms with Gasteiger partial charge in [-0.1, -0.05) is 242 Å². The molecule has 0 N–H and O–H groups in total. The van der Waals surface area contributed by atoms with Crippen molar-refractivity contribution >= 4 is 10.8 Å². The average Bonchev–Trinajstić information content (AvgIpc) is 3.32. The van der Waals surface area contributed by atoms with Crippen molar-refractivity contribution in [1.29, 1.82) is 0 Å². The molecule has 0 spiro atoms. The molecule has 0 fully saturated rings. The van der Waals surface area contributed by atoms with Crippen LogP contribution in [0.1, 0.15) is 11.1 Å². The second-order valence-corrected chi connectivity index (χ2v) is 15.7. The van der Waals surface area contributed by atoms with Crippen LogP contribution < -0.4 is 0 Å². The van der Waals surface area contributed by atoms with E-state index in [0.29, 0.717) is 0 Å². The van der Waals surface area contributed by atoms with E-state index in [-0.39, 0.29) is 0 Å². The Morgan fingerprint density at radius 3 is 0.533 bits per heavy atom. The van der Waals surface area contributed by atoms with E-state index in [9.17, 15) is 0 Å². The Morgan fingerprint density at radius 1 is 0.167 bits per heavy atom. The standard InChI is InChI=1S/C60H44/c1-41-33-37-49(38-34-41)57-53(45-25-13-5-14-26-45)54(46-27-15-6-16-28-46)58(50-39-35-42(2)36-40-50)60-56(48-31-19-8-20-32-48)52(44-23-11-4-12-24-44)51(43-21-9-3-10-22-43)55(59(57)60)47-29-17-7-18-30-47/h3-40H,1-2H3. The van der Waals surface area contributed by atoms with Crippen LogP contribution >= 0.6 is 0 Å². The van der Waals surface area contributed by atoms with Crippen LogP contribution in [0.2, 0.25) is 0 Å². The lowest BCUT2D eigenvalue weighted by Crippen LogP contribution is -2.04. The fourth-order valence-corrected chi connectivity index (χ4v) is 9.13. The van der Waals surface area contributed by atoms with Gasteiger partial charge >= 0.3 is 0 Å². The second kappa shape index (κ2) is 16.0. The van der Waals surface area contributed by atoms with Gasteiger partial charge in [-0.05, 0) is 114 Å². The molecule has 0 saturated heterocycles. The highest BCUT2D eigenvalue weighted by Gasteiger charge is 2.32. The third-order valence-electron chi connectivity index (χ3n) is 11.8. The molecule has 10 aromatic rings. The van der Waals surface area contributed by atoms with Crippen LogP contribution in [0.25, 0.3) is 99.8 Å². The molecule has 0 radical (unpaired) electrons. The molecule has 0 nitrogen and oxygen atoms in total. The van der Waals surface area contributed by atoms with Gasteiger partial charge in [0, 0.05) is 0 Å². The Bertz CT molecular complexity index is 2850. The molecular formula is C60H44. The molecule has 0 saturated carbocycles. The van der Waals surface area contributed by atoms with Gasteiger partial charge in [-0.25, -0.2) is 0 Å². The topological polar surface area (TPSA) is 0 Å². The molecule has 0 aromatic heterocycles. The van der Waals surface area contributed by atoms with Gasteiger partial charge in [0.05, 0.1) is 0 Å². The smallest absolute Gasteiger partial charge is 0.0000936 e. The molecule has 0 bridgehead atoms. The number of benzene rings is 10. The highest BCUT2D eigenvalue weighted by atomic mass is 14.3. The molecule has 284 valence electrons.